The lowest BCUT2D eigenvalue weighted by molar-refractivity contribution is -0.404. The average molecular weight is 238 g/mol. The van der Waals surface area contributed by atoms with Gasteiger partial charge in [0, 0.05) is 6.42 Å². The Kier molecular flexibility index (Phi) is 4.69. The fourth-order valence-electron chi connectivity index (χ4n) is 1.37. The Hall–Kier alpha value is -0.900. The molecule has 0 amide bonds. The molecular weight excluding hydrogens is 216 g/mol. The second-order valence-corrected chi connectivity index (χ2v) is 5.51. The zero-order chi connectivity index (χ0) is 12.9. The first-order chi connectivity index (χ1) is 7.85. The molecule has 0 aliphatic heterocycles. The summed E-state index contributed by atoms with van der Waals surface area (Å²) in [6, 6.07) is 10.1. The van der Waals surface area contributed by atoms with Crippen LogP contribution in [0.15, 0.2) is 30.3 Å². The largest absolute Gasteiger partial charge is 0.393 e. The number of rotatable bonds is 6. The molecule has 1 rings (SSSR count). The summed E-state index contributed by atoms with van der Waals surface area (Å²) in [5, 5.41) is 9.08. The van der Waals surface area contributed by atoms with Crippen molar-refractivity contribution in [3.8, 4) is 0 Å². The summed E-state index contributed by atoms with van der Waals surface area (Å²) < 4.78 is 0. The van der Waals surface area contributed by atoms with E-state index in [-0.39, 0.29) is 6.61 Å². The Bertz CT molecular complexity index is 331. The molecule has 96 valence electrons. The molecule has 1 aromatic rings. The van der Waals surface area contributed by atoms with Gasteiger partial charge in [-0.3, -0.25) is 0 Å². The van der Waals surface area contributed by atoms with Gasteiger partial charge in [-0.25, -0.2) is 9.78 Å². The van der Waals surface area contributed by atoms with E-state index in [1.807, 2.05) is 32.0 Å². The van der Waals surface area contributed by atoms with E-state index in [2.05, 4.69) is 12.1 Å². The minimum Gasteiger partial charge on any atom is -0.393 e. The third-order valence-electron chi connectivity index (χ3n) is 2.35. The minimum absolute atomic E-state index is 0.0750. The molecule has 0 radical (unpaired) electrons. The van der Waals surface area contributed by atoms with E-state index in [9.17, 15) is 0 Å². The van der Waals surface area contributed by atoms with Crippen LogP contribution < -0.4 is 0 Å². The predicted octanol–water partition coefficient (Wildman–Crippen LogP) is 2.73. The molecule has 1 N–H and O–H groups in total. The molecule has 3 heteroatoms. The van der Waals surface area contributed by atoms with Gasteiger partial charge in [0.25, 0.3) is 0 Å². The summed E-state index contributed by atoms with van der Waals surface area (Å²) >= 11 is 0. The molecule has 1 aromatic carbocycles. The van der Waals surface area contributed by atoms with Gasteiger partial charge >= 0.3 is 0 Å². The molecule has 3 nitrogen and oxygen atoms in total. The third-order valence-corrected chi connectivity index (χ3v) is 2.35. The Morgan fingerprint density at radius 2 is 1.47 bits per heavy atom. The molecule has 0 aliphatic rings. The maximum Gasteiger partial charge on any atom is 0.121 e. The predicted molar refractivity (Wildman–Crippen MR) is 67.6 cm³/mol. The quantitative estimate of drug-likeness (QED) is 0.612. The van der Waals surface area contributed by atoms with Gasteiger partial charge in [-0.1, -0.05) is 30.3 Å². The first kappa shape index (κ1) is 14.2. The fraction of sp³-hybridized carbons (Fsp3) is 0.571. The van der Waals surface area contributed by atoms with Crippen LogP contribution in [-0.2, 0) is 16.2 Å². The van der Waals surface area contributed by atoms with Crippen LogP contribution in [-0.4, -0.2) is 22.9 Å². The molecule has 0 bridgehead atoms. The molecule has 17 heavy (non-hydrogen) atoms. The second-order valence-electron chi connectivity index (χ2n) is 5.51. The molecule has 0 unspecified atom stereocenters. The van der Waals surface area contributed by atoms with Crippen molar-refractivity contribution in [2.45, 2.75) is 45.3 Å². The normalized spacial score (nSPS) is 12.8. The van der Waals surface area contributed by atoms with Crippen LogP contribution in [0.25, 0.3) is 0 Å². The summed E-state index contributed by atoms with van der Waals surface area (Å²) in [6.07, 6.45) is 0.759. The highest BCUT2D eigenvalue weighted by Gasteiger charge is 2.26. The molecule has 0 heterocycles. The van der Waals surface area contributed by atoms with Crippen molar-refractivity contribution in [3.63, 3.8) is 0 Å². The number of aliphatic hydroxyl groups excluding tert-OH is 1. The summed E-state index contributed by atoms with van der Waals surface area (Å²) in [7, 11) is 0. The van der Waals surface area contributed by atoms with Gasteiger partial charge in [0.2, 0.25) is 0 Å². The van der Waals surface area contributed by atoms with E-state index >= 15 is 0 Å². The van der Waals surface area contributed by atoms with E-state index < -0.39 is 11.2 Å². The van der Waals surface area contributed by atoms with Gasteiger partial charge in [-0.05, 0) is 33.3 Å². The zero-order valence-electron chi connectivity index (χ0n) is 11.1. The maximum atomic E-state index is 9.08. The number of benzene rings is 1. The molecule has 0 spiro atoms. The summed E-state index contributed by atoms with van der Waals surface area (Å²) in [4.78, 5) is 10.7. The Morgan fingerprint density at radius 1 is 0.941 bits per heavy atom. The van der Waals surface area contributed by atoms with Crippen molar-refractivity contribution in [1.29, 1.82) is 0 Å². The number of hydrogen-bond donors (Lipinski definition) is 1. The molecule has 0 saturated carbocycles. The van der Waals surface area contributed by atoms with E-state index in [0.717, 1.165) is 6.42 Å². The van der Waals surface area contributed by atoms with Gasteiger partial charge in [0.1, 0.15) is 11.2 Å². The van der Waals surface area contributed by atoms with Crippen LogP contribution in [0.4, 0.5) is 0 Å². The van der Waals surface area contributed by atoms with Crippen molar-refractivity contribution >= 4 is 0 Å². The van der Waals surface area contributed by atoms with Crippen LogP contribution in [0.3, 0.4) is 0 Å². The molecule has 0 aromatic heterocycles. The highest BCUT2D eigenvalue weighted by Crippen LogP contribution is 2.20. The molecule has 0 aliphatic carbocycles. The van der Waals surface area contributed by atoms with Crippen molar-refractivity contribution in [2.24, 2.45) is 0 Å². The summed E-state index contributed by atoms with van der Waals surface area (Å²) in [6.45, 7) is 7.42. The van der Waals surface area contributed by atoms with Crippen molar-refractivity contribution < 1.29 is 14.9 Å². The summed E-state index contributed by atoms with van der Waals surface area (Å²) in [5.74, 6) is 0. The van der Waals surface area contributed by atoms with E-state index in [4.69, 9.17) is 14.9 Å². The van der Waals surface area contributed by atoms with E-state index in [1.165, 1.54) is 5.56 Å². The van der Waals surface area contributed by atoms with Gasteiger partial charge in [0.15, 0.2) is 0 Å². The van der Waals surface area contributed by atoms with E-state index in [0.29, 0.717) is 0 Å². The number of aliphatic hydroxyl groups is 1. The Labute approximate surface area is 103 Å². The second kappa shape index (κ2) is 5.63. The van der Waals surface area contributed by atoms with Crippen LogP contribution in [0.5, 0.6) is 0 Å². The third kappa shape index (κ3) is 5.31. The lowest BCUT2D eigenvalue weighted by Crippen LogP contribution is -2.36. The van der Waals surface area contributed by atoms with Crippen LogP contribution in [0.1, 0.15) is 33.3 Å². The maximum absolute atomic E-state index is 9.08. The van der Waals surface area contributed by atoms with Crippen LogP contribution in [0, 0.1) is 0 Å². The molecule has 0 fully saturated rings. The molecular formula is C14H22O3. The lowest BCUT2D eigenvalue weighted by atomic mass is 9.99. The topological polar surface area (TPSA) is 38.7 Å². The lowest BCUT2D eigenvalue weighted by Gasteiger charge is -2.29. The fourth-order valence-corrected chi connectivity index (χ4v) is 1.37. The van der Waals surface area contributed by atoms with Crippen molar-refractivity contribution in [2.75, 3.05) is 6.61 Å². The zero-order valence-corrected chi connectivity index (χ0v) is 11.1. The van der Waals surface area contributed by atoms with Gasteiger partial charge in [0.05, 0.1) is 6.61 Å². The highest BCUT2D eigenvalue weighted by atomic mass is 17.2. The number of hydrogen-bond acceptors (Lipinski definition) is 3. The first-order valence-electron chi connectivity index (χ1n) is 5.86. The average Bonchev–Trinajstić information content (AvgIpc) is 2.28. The van der Waals surface area contributed by atoms with E-state index in [1.54, 1.807) is 13.8 Å². The van der Waals surface area contributed by atoms with Gasteiger partial charge in [-0.15, -0.1) is 0 Å². The Morgan fingerprint density at radius 3 is 2.00 bits per heavy atom. The first-order valence-corrected chi connectivity index (χ1v) is 5.86. The smallest absolute Gasteiger partial charge is 0.121 e. The Balaban J connectivity index is 2.52. The van der Waals surface area contributed by atoms with Gasteiger partial charge < -0.3 is 5.11 Å². The standard InChI is InChI=1S/C14H22O3/c1-13(2,16-17-14(3,4)11-15)10-12-8-6-5-7-9-12/h5-9,15H,10-11H2,1-4H3. The summed E-state index contributed by atoms with van der Waals surface area (Å²) in [5.41, 5.74) is 0.102. The highest BCUT2D eigenvalue weighted by molar-refractivity contribution is 5.16. The molecule has 0 atom stereocenters. The monoisotopic (exact) mass is 238 g/mol. The minimum atomic E-state index is -0.673. The molecule has 0 saturated heterocycles. The van der Waals surface area contributed by atoms with Crippen LogP contribution in [0.2, 0.25) is 0 Å². The van der Waals surface area contributed by atoms with Crippen LogP contribution >= 0.6 is 0 Å². The van der Waals surface area contributed by atoms with Crippen molar-refractivity contribution in [3.05, 3.63) is 35.9 Å². The SMILES string of the molecule is CC(C)(CO)OOC(C)(C)Cc1ccccc1. The van der Waals surface area contributed by atoms with Gasteiger partial charge in [-0.2, -0.15) is 0 Å². The van der Waals surface area contributed by atoms with Crippen molar-refractivity contribution in [1.82, 2.24) is 0 Å².